The quantitative estimate of drug-likeness (QED) is 0.851. The van der Waals surface area contributed by atoms with E-state index in [4.69, 9.17) is 5.73 Å². The molecule has 1 aromatic heterocycles. The molecule has 0 unspecified atom stereocenters. The minimum atomic E-state index is -4.84. The molecule has 2 aromatic rings. The van der Waals surface area contributed by atoms with E-state index >= 15 is 0 Å². The average molecular weight is 300 g/mol. The summed E-state index contributed by atoms with van der Waals surface area (Å²) in [6.07, 6.45) is -1.83. The number of nitrogens with zero attached hydrogens (tertiary/aromatic N) is 2. The first kappa shape index (κ1) is 14.7. The number of halogens is 3. The number of benzene rings is 1. The predicted molar refractivity (Wildman–Crippen MR) is 68.7 cm³/mol. The second-order valence-corrected chi connectivity index (χ2v) is 4.16. The maximum Gasteiger partial charge on any atom is 0.573 e. The van der Waals surface area contributed by atoms with Gasteiger partial charge in [-0.3, -0.25) is 9.48 Å². The van der Waals surface area contributed by atoms with Gasteiger partial charge in [-0.1, -0.05) is 0 Å². The Hall–Kier alpha value is -2.71. The standard InChI is InChI=1S/C12H11F3N4O2/c1-19-6-8(5-17-19)18-11(20)7-2-3-10(9(16)4-7)21-12(13,14)15/h2-6H,16H2,1H3,(H,18,20). The number of hydrogen-bond acceptors (Lipinski definition) is 4. The second kappa shape index (κ2) is 5.35. The van der Waals surface area contributed by atoms with Crippen LogP contribution in [0.3, 0.4) is 0 Å². The molecule has 1 heterocycles. The van der Waals surface area contributed by atoms with E-state index < -0.39 is 18.0 Å². The third kappa shape index (κ3) is 3.88. The normalized spacial score (nSPS) is 11.2. The summed E-state index contributed by atoms with van der Waals surface area (Å²) in [4.78, 5) is 11.9. The first-order valence-corrected chi connectivity index (χ1v) is 5.70. The molecule has 1 amide bonds. The summed E-state index contributed by atoms with van der Waals surface area (Å²) in [5.41, 5.74) is 5.71. The van der Waals surface area contributed by atoms with Gasteiger partial charge >= 0.3 is 6.36 Å². The Bertz CT molecular complexity index is 667. The average Bonchev–Trinajstić information content (AvgIpc) is 2.75. The zero-order valence-electron chi connectivity index (χ0n) is 10.8. The number of carbonyl (C=O) groups excluding carboxylic acids is 1. The minimum Gasteiger partial charge on any atom is -0.404 e. The van der Waals surface area contributed by atoms with E-state index in [2.05, 4.69) is 15.2 Å². The lowest BCUT2D eigenvalue weighted by atomic mass is 10.1. The molecule has 6 nitrogen and oxygen atoms in total. The Kier molecular flexibility index (Phi) is 3.74. The van der Waals surface area contributed by atoms with Crippen LogP contribution < -0.4 is 15.8 Å². The van der Waals surface area contributed by atoms with Crippen LogP contribution >= 0.6 is 0 Å². The van der Waals surface area contributed by atoms with Crippen molar-refractivity contribution in [3.63, 3.8) is 0 Å². The topological polar surface area (TPSA) is 82.2 Å². The zero-order valence-corrected chi connectivity index (χ0v) is 10.8. The highest BCUT2D eigenvalue weighted by Gasteiger charge is 2.32. The van der Waals surface area contributed by atoms with Gasteiger partial charge in [0.25, 0.3) is 5.91 Å². The molecular formula is C12H11F3N4O2. The van der Waals surface area contributed by atoms with E-state index in [-0.39, 0.29) is 11.3 Å². The molecule has 2 rings (SSSR count). The molecular weight excluding hydrogens is 289 g/mol. The Balaban J connectivity index is 2.14. The van der Waals surface area contributed by atoms with E-state index in [0.29, 0.717) is 5.69 Å². The van der Waals surface area contributed by atoms with Crippen LogP contribution in [0.5, 0.6) is 5.75 Å². The molecule has 1 aromatic carbocycles. The van der Waals surface area contributed by atoms with Crippen molar-refractivity contribution in [2.45, 2.75) is 6.36 Å². The van der Waals surface area contributed by atoms with Gasteiger partial charge in [0, 0.05) is 18.8 Å². The first-order chi connectivity index (χ1) is 9.74. The molecule has 9 heteroatoms. The molecule has 21 heavy (non-hydrogen) atoms. The second-order valence-electron chi connectivity index (χ2n) is 4.16. The lowest BCUT2D eigenvalue weighted by molar-refractivity contribution is -0.274. The largest absolute Gasteiger partial charge is 0.573 e. The van der Waals surface area contributed by atoms with Crippen molar-refractivity contribution in [3.05, 3.63) is 36.2 Å². The summed E-state index contributed by atoms with van der Waals surface area (Å²) in [5, 5.41) is 6.40. The van der Waals surface area contributed by atoms with Crippen molar-refractivity contribution in [2.75, 3.05) is 11.1 Å². The SMILES string of the molecule is Cn1cc(NC(=O)c2ccc(OC(F)(F)F)c(N)c2)cn1. The van der Waals surface area contributed by atoms with Crippen molar-refractivity contribution in [3.8, 4) is 5.75 Å². The monoisotopic (exact) mass is 300 g/mol. The Morgan fingerprint density at radius 1 is 1.43 bits per heavy atom. The maximum atomic E-state index is 12.1. The summed E-state index contributed by atoms with van der Waals surface area (Å²) in [6, 6.07) is 3.27. The van der Waals surface area contributed by atoms with E-state index in [1.807, 2.05) is 0 Å². The summed E-state index contributed by atoms with van der Waals surface area (Å²) >= 11 is 0. The van der Waals surface area contributed by atoms with Gasteiger partial charge in [-0.05, 0) is 18.2 Å². The number of aryl methyl sites for hydroxylation is 1. The summed E-state index contributed by atoms with van der Waals surface area (Å²) in [7, 11) is 1.68. The van der Waals surface area contributed by atoms with Crippen LogP contribution in [0.1, 0.15) is 10.4 Å². The highest BCUT2D eigenvalue weighted by atomic mass is 19.4. The fraction of sp³-hybridized carbons (Fsp3) is 0.167. The Labute approximate surface area is 117 Å². The minimum absolute atomic E-state index is 0.103. The fourth-order valence-electron chi connectivity index (χ4n) is 1.60. The van der Waals surface area contributed by atoms with Crippen LogP contribution in [0.4, 0.5) is 24.5 Å². The molecule has 0 saturated heterocycles. The van der Waals surface area contributed by atoms with Gasteiger partial charge in [0.15, 0.2) is 5.75 Å². The fourth-order valence-corrected chi connectivity index (χ4v) is 1.60. The predicted octanol–water partition coefficient (Wildman–Crippen LogP) is 2.15. The van der Waals surface area contributed by atoms with Crippen molar-refractivity contribution >= 4 is 17.3 Å². The number of ether oxygens (including phenoxy) is 1. The van der Waals surface area contributed by atoms with Gasteiger partial charge in [-0.25, -0.2) is 0 Å². The van der Waals surface area contributed by atoms with Gasteiger partial charge in [0.1, 0.15) is 0 Å². The maximum absolute atomic E-state index is 12.1. The third-order valence-corrected chi connectivity index (χ3v) is 2.46. The van der Waals surface area contributed by atoms with E-state index in [1.54, 1.807) is 13.2 Å². The lowest BCUT2D eigenvalue weighted by Crippen LogP contribution is -2.18. The van der Waals surface area contributed by atoms with E-state index in [1.165, 1.54) is 16.9 Å². The molecule has 112 valence electrons. The smallest absolute Gasteiger partial charge is 0.404 e. The van der Waals surface area contributed by atoms with Crippen molar-refractivity contribution in [1.82, 2.24) is 9.78 Å². The zero-order chi connectivity index (χ0) is 15.6. The number of nitrogen functional groups attached to an aromatic ring is 1. The van der Waals surface area contributed by atoms with E-state index in [9.17, 15) is 18.0 Å². The van der Waals surface area contributed by atoms with Crippen molar-refractivity contribution in [1.29, 1.82) is 0 Å². The van der Waals surface area contributed by atoms with Gasteiger partial charge in [0.05, 0.1) is 17.6 Å². The van der Waals surface area contributed by atoms with Crippen LogP contribution in [-0.4, -0.2) is 22.1 Å². The van der Waals surface area contributed by atoms with Crippen LogP contribution in [0.15, 0.2) is 30.6 Å². The number of alkyl halides is 3. The van der Waals surface area contributed by atoms with Crippen molar-refractivity contribution < 1.29 is 22.7 Å². The molecule has 0 spiro atoms. The van der Waals surface area contributed by atoms with Gasteiger partial charge in [-0.15, -0.1) is 13.2 Å². The highest BCUT2D eigenvalue weighted by molar-refractivity contribution is 6.04. The van der Waals surface area contributed by atoms with Crippen molar-refractivity contribution in [2.24, 2.45) is 7.05 Å². The number of anilines is 2. The molecule has 0 fully saturated rings. The molecule has 0 bridgehead atoms. The number of hydrogen-bond donors (Lipinski definition) is 2. The number of aromatic nitrogens is 2. The Morgan fingerprint density at radius 2 is 2.14 bits per heavy atom. The van der Waals surface area contributed by atoms with Crippen LogP contribution in [0.25, 0.3) is 0 Å². The number of carbonyl (C=O) groups is 1. The van der Waals surface area contributed by atoms with Gasteiger partial charge in [0.2, 0.25) is 0 Å². The highest BCUT2D eigenvalue weighted by Crippen LogP contribution is 2.29. The molecule has 0 radical (unpaired) electrons. The van der Waals surface area contributed by atoms with Crippen LogP contribution in [0.2, 0.25) is 0 Å². The molecule has 0 aliphatic heterocycles. The summed E-state index contributed by atoms with van der Waals surface area (Å²) in [6.45, 7) is 0. The molecule has 0 aliphatic carbocycles. The summed E-state index contributed by atoms with van der Waals surface area (Å²) < 4.78 is 41.5. The number of amides is 1. The molecule has 0 aliphatic rings. The van der Waals surface area contributed by atoms with Crippen LogP contribution in [0, 0.1) is 0 Å². The number of nitrogens with two attached hydrogens (primary N) is 1. The summed E-state index contributed by atoms with van der Waals surface area (Å²) in [5.74, 6) is -1.08. The van der Waals surface area contributed by atoms with E-state index in [0.717, 1.165) is 12.1 Å². The Morgan fingerprint density at radius 3 is 2.67 bits per heavy atom. The molecule has 3 N–H and O–H groups in total. The van der Waals surface area contributed by atoms with Gasteiger partial charge < -0.3 is 15.8 Å². The third-order valence-electron chi connectivity index (χ3n) is 2.46. The molecule has 0 atom stereocenters. The molecule has 0 saturated carbocycles. The number of rotatable bonds is 3. The first-order valence-electron chi connectivity index (χ1n) is 5.70. The van der Waals surface area contributed by atoms with Crippen LogP contribution in [-0.2, 0) is 7.05 Å². The van der Waals surface area contributed by atoms with Gasteiger partial charge in [-0.2, -0.15) is 5.10 Å². The lowest BCUT2D eigenvalue weighted by Gasteiger charge is -2.11. The number of nitrogens with one attached hydrogen (secondary N) is 1.